The van der Waals surface area contributed by atoms with Gasteiger partial charge in [-0.3, -0.25) is 0 Å². The molecule has 0 aliphatic rings. The molecule has 0 aliphatic heterocycles. The molecule has 0 saturated heterocycles. The van der Waals surface area contributed by atoms with Gasteiger partial charge in [-0.15, -0.1) is 0 Å². The molecule has 4 heteroatoms. The van der Waals surface area contributed by atoms with Crippen molar-refractivity contribution >= 4 is 34.2 Å². The van der Waals surface area contributed by atoms with E-state index in [1.54, 1.807) is 18.2 Å². The molecule has 0 bridgehead atoms. The van der Waals surface area contributed by atoms with Crippen LogP contribution in [-0.2, 0) is 0 Å². The van der Waals surface area contributed by atoms with Gasteiger partial charge < -0.3 is 9.52 Å². The van der Waals surface area contributed by atoms with E-state index < -0.39 is 6.10 Å². The van der Waals surface area contributed by atoms with Crippen molar-refractivity contribution in [2.24, 2.45) is 0 Å². The summed E-state index contributed by atoms with van der Waals surface area (Å²) in [6.07, 6.45) is -0.905. The average molecular weight is 293 g/mol. The van der Waals surface area contributed by atoms with E-state index in [-0.39, 0.29) is 0 Å². The van der Waals surface area contributed by atoms with Crippen LogP contribution in [-0.4, -0.2) is 5.11 Å². The van der Waals surface area contributed by atoms with Gasteiger partial charge in [0.15, 0.2) is 0 Å². The first-order valence-corrected chi connectivity index (χ1v) is 6.52. The maximum atomic E-state index is 10.3. The van der Waals surface area contributed by atoms with Gasteiger partial charge in [0.2, 0.25) is 0 Å². The molecule has 0 radical (unpaired) electrons. The van der Waals surface area contributed by atoms with Crippen molar-refractivity contribution in [3.63, 3.8) is 0 Å². The van der Waals surface area contributed by atoms with Crippen molar-refractivity contribution in [2.45, 2.75) is 6.10 Å². The van der Waals surface area contributed by atoms with Crippen molar-refractivity contribution in [2.75, 3.05) is 0 Å². The van der Waals surface area contributed by atoms with Crippen molar-refractivity contribution in [3.05, 3.63) is 69.9 Å². The normalized spacial score (nSPS) is 12.8. The Morgan fingerprint density at radius 3 is 2.53 bits per heavy atom. The molecule has 2 nitrogen and oxygen atoms in total. The number of halogens is 2. The smallest absolute Gasteiger partial charge is 0.138 e. The van der Waals surface area contributed by atoms with E-state index in [4.69, 9.17) is 27.6 Å². The second-order valence-electron chi connectivity index (χ2n) is 4.25. The Morgan fingerprint density at radius 2 is 1.79 bits per heavy atom. The van der Waals surface area contributed by atoms with Crippen molar-refractivity contribution < 1.29 is 9.52 Å². The third-order valence-electron chi connectivity index (χ3n) is 2.97. The van der Waals surface area contributed by atoms with Crippen molar-refractivity contribution in [1.29, 1.82) is 0 Å². The number of hydrogen-bond donors (Lipinski definition) is 1. The molecule has 1 unspecified atom stereocenters. The van der Waals surface area contributed by atoms with Crippen LogP contribution in [0.15, 0.2) is 52.9 Å². The quantitative estimate of drug-likeness (QED) is 0.734. The van der Waals surface area contributed by atoms with E-state index in [0.29, 0.717) is 21.4 Å². The highest BCUT2D eigenvalue weighted by atomic mass is 35.5. The number of aliphatic hydroxyl groups is 1. The monoisotopic (exact) mass is 292 g/mol. The molecule has 1 heterocycles. The van der Waals surface area contributed by atoms with Gasteiger partial charge in [0.05, 0.1) is 0 Å². The summed E-state index contributed by atoms with van der Waals surface area (Å²) in [4.78, 5) is 0. The Kier molecular flexibility index (Phi) is 3.23. The first-order chi connectivity index (χ1) is 9.15. The molecule has 2 aromatic carbocycles. The van der Waals surface area contributed by atoms with E-state index in [0.717, 1.165) is 11.0 Å². The van der Waals surface area contributed by atoms with Crippen LogP contribution in [0.3, 0.4) is 0 Å². The molecule has 0 amide bonds. The van der Waals surface area contributed by atoms with Gasteiger partial charge in [-0.2, -0.15) is 0 Å². The molecule has 1 N–H and O–H groups in total. The zero-order chi connectivity index (χ0) is 13.4. The van der Waals surface area contributed by atoms with Crippen LogP contribution in [0.5, 0.6) is 0 Å². The molecule has 0 fully saturated rings. The molecule has 1 aromatic heterocycles. The molecule has 3 rings (SSSR count). The second-order valence-corrected chi connectivity index (χ2v) is 5.10. The minimum Gasteiger partial charge on any atom is -0.458 e. The highest BCUT2D eigenvalue weighted by Crippen LogP contribution is 2.33. The minimum atomic E-state index is -0.905. The number of fused-ring (bicyclic) bond motifs is 1. The second kappa shape index (κ2) is 4.89. The zero-order valence-corrected chi connectivity index (χ0v) is 11.3. The van der Waals surface area contributed by atoms with Crippen LogP contribution < -0.4 is 0 Å². The Hall–Kier alpha value is -1.48. The highest BCUT2D eigenvalue weighted by molar-refractivity contribution is 6.35. The lowest BCUT2D eigenvalue weighted by Gasteiger charge is -2.10. The van der Waals surface area contributed by atoms with Crippen LogP contribution in [0.4, 0.5) is 0 Å². The van der Waals surface area contributed by atoms with Gasteiger partial charge >= 0.3 is 0 Å². The number of hydrogen-bond acceptors (Lipinski definition) is 2. The summed E-state index contributed by atoms with van der Waals surface area (Å²) in [5.74, 6) is 0.463. The molecule has 19 heavy (non-hydrogen) atoms. The average Bonchev–Trinajstić information content (AvgIpc) is 2.81. The van der Waals surface area contributed by atoms with Gasteiger partial charge in [0, 0.05) is 21.0 Å². The lowest BCUT2D eigenvalue weighted by Crippen LogP contribution is -1.98. The largest absolute Gasteiger partial charge is 0.458 e. The van der Waals surface area contributed by atoms with E-state index >= 15 is 0 Å². The van der Waals surface area contributed by atoms with Gasteiger partial charge in [0.25, 0.3) is 0 Å². The fourth-order valence-electron chi connectivity index (χ4n) is 2.01. The Bertz CT molecular complexity index is 701. The summed E-state index contributed by atoms with van der Waals surface area (Å²) in [5, 5.41) is 12.2. The van der Waals surface area contributed by atoms with E-state index in [2.05, 4.69) is 0 Å². The van der Waals surface area contributed by atoms with E-state index in [1.165, 1.54) is 0 Å². The molecule has 1 atom stereocenters. The van der Waals surface area contributed by atoms with Crippen molar-refractivity contribution in [1.82, 2.24) is 0 Å². The maximum Gasteiger partial charge on any atom is 0.138 e. The number of aliphatic hydroxyl groups excluding tert-OH is 1. The van der Waals surface area contributed by atoms with Crippen LogP contribution in [0.25, 0.3) is 11.0 Å². The summed E-state index contributed by atoms with van der Waals surface area (Å²) in [5.41, 5.74) is 1.31. The summed E-state index contributed by atoms with van der Waals surface area (Å²) in [6.45, 7) is 0. The first-order valence-electron chi connectivity index (χ1n) is 5.76. The number of furan rings is 1. The SMILES string of the molecule is OC(c1cc2ccccc2o1)c1ccc(Cl)cc1Cl. The number of benzene rings is 2. The Balaban J connectivity index is 2.05. The first kappa shape index (κ1) is 12.5. The van der Waals surface area contributed by atoms with E-state index in [1.807, 2.05) is 30.3 Å². The zero-order valence-electron chi connectivity index (χ0n) is 9.81. The summed E-state index contributed by atoms with van der Waals surface area (Å²) < 4.78 is 5.63. The molecule has 96 valence electrons. The maximum absolute atomic E-state index is 10.3. The molecule has 0 aliphatic carbocycles. The van der Waals surface area contributed by atoms with Gasteiger partial charge in [-0.05, 0) is 24.3 Å². The predicted molar refractivity (Wildman–Crippen MR) is 76.7 cm³/mol. The van der Waals surface area contributed by atoms with Crippen LogP contribution >= 0.6 is 23.2 Å². The fraction of sp³-hybridized carbons (Fsp3) is 0.0667. The predicted octanol–water partition coefficient (Wildman–Crippen LogP) is 4.82. The molecule has 0 saturated carbocycles. The van der Waals surface area contributed by atoms with Crippen LogP contribution in [0.2, 0.25) is 10.0 Å². The van der Waals surface area contributed by atoms with Gasteiger partial charge in [-0.1, -0.05) is 47.5 Å². The lowest BCUT2D eigenvalue weighted by molar-refractivity contribution is 0.192. The van der Waals surface area contributed by atoms with Gasteiger partial charge in [0.1, 0.15) is 17.4 Å². The lowest BCUT2D eigenvalue weighted by atomic mass is 10.1. The number of para-hydroxylation sites is 1. The summed E-state index contributed by atoms with van der Waals surface area (Å²) in [6, 6.07) is 14.4. The Labute approximate surface area is 120 Å². The van der Waals surface area contributed by atoms with E-state index in [9.17, 15) is 5.11 Å². The third-order valence-corrected chi connectivity index (χ3v) is 3.53. The molecular formula is C15H10Cl2O2. The van der Waals surface area contributed by atoms with Gasteiger partial charge in [-0.25, -0.2) is 0 Å². The molecular weight excluding hydrogens is 283 g/mol. The summed E-state index contributed by atoms with van der Waals surface area (Å²) >= 11 is 11.9. The topological polar surface area (TPSA) is 33.4 Å². The Morgan fingerprint density at radius 1 is 1.00 bits per heavy atom. The van der Waals surface area contributed by atoms with Crippen LogP contribution in [0, 0.1) is 0 Å². The summed E-state index contributed by atoms with van der Waals surface area (Å²) in [7, 11) is 0. The standard InChI is InChI=1S/C15H10Cl2O2/c16-10-5-6-11(12(17)8-10)15(18)14-7-9-3-1-2-4-13(9)19-14/h1-8,15,18H. The van der Waals surface area contributed by atoms with Crippen LogP contribution in [0.1, 0.15) is 17.4 Å². The highest BCUT2D eigenvalue weighted by Gasteiger charge is 2.18. The molecule has 0 spiro atoms. The molecule has 3 aromatic rings. The third kappa shape index (κ3) is 2.35. The van der Waals surface area contributed by atoms with Crippen molar-refractivity contribution in [3.8, 4) is 0 Å². The fourth-order valence-corrected chi connectivity index (χ4v) is 2.53. The minimum absolute atomic E-state index is 0.417. The number of rotatable bonds is 2.